The molecule has 0 saturated carbocycles. The number of hydrogen-bond acceptors (Lipinski definition) is 2. The summed E-state index contributed by atoms with van der Waals surface area (Å²) in [5, 5.41) is 11.0. The average molecular weight is 247 g/mol. The van der Waals surface area contributed by atoms with Crippen LogP contribution < -0.4 is 5.32 Å². The Balaban J connectivity index is 2.30. The van der Waals surface area contributed by atoms with Gasteiger partial charge in [0.15, 0.2) is 0 Å². The molecule has 1 rings (SSSR count). The predicted octanol–water partition coefficient (Wildman–Crippen LogP) is 1.94. The van der Waals surface area contributed by atoms with Crippen LogP contribution in [0.4, 0.5) is 0 Å². The molecule has 1 aromatic rings. The van der Waals surface area contributed by atoms with Gasteiger partial charge in [-0.1, -0.05) is 37.3 Å². The highest BCUT2D eigenvalue weighted by Gasteiger charge is 2.05. The second kappa shape index (κ2) is 7.27. The lowest BCUT2D eigenvalue weighted by atomic mass is 9.98. The fourth-order valence-electron chi connectivity index (χ4n) is 1.57. The largest absolute Gasteiger partial charge is 0.478 e. The molecule has 96 valence electrons. The Hall–Kier alpha value is -2.10. The maximum absolute atomic E-state index is 11.2. The average Bonchev–Trinajstić information content (AvgIpc) is 2.37. The highest BCUT2D eigenvalue weighted by atomic mass is 16.4. The molecule has 0 saturated heterocycles. The summed E-state index contributed by atoms with van der Waals surface area (Å²) in [7, 11) is 0. The molecule has 1 aromatic carbocycles. The number of benzene rings is 1. The van der Waals surface area contributed by atoms with Gasteiger partial charge in [0, 0.05) is 18.7 Å². The third-order valence-electron chi connectivity index (χ3n) is 2.62. The molecule has 18 heavy (non-hydrogen) atoms. The van der Waals surface area contributed by atoms with Crippen LogP contribution in [0.15, 0.2) is 42.5 Å². The Morgan fingerprint density at radius 2 is 1.94 bits per heavy atom. The molecule has 1 unspecified atom stereocenters. The van der Waals surface area contributed by atoms with Crippen molar-refractivity contribution in [3.8, 4) is 0 Å². The number of carboxylic acid groups (broad SMARTS) is 1. The second-order valence-electron chi connectivity index (χ2n) is 4.06. The van der Waals surface area contributed by atoms with Gasteiger partial charge in [0.1, 0.15) is 0 Å². The quantitative estimate of drug-likeness (QED) is 0.755. The van der Waals surface area contributed by atoms with Crippen molar-refractivity contribution in [2.45, 2.75) is 19.3 Å². The van der Waals surface area contributed by atoms with Crippen LogP contribution in [0.2, 0.25) is 0 Å². The highest BCUT2D eigenvalue weighted by molar-refractivity contribution is 5.93. The monoisotopic (exact) mass is 247 g/mol. The van der Waals surface area contributed by atoms with E-state index in [9.17, 15) is 9.59 Å². The van der Waals surface area contributed by atoms with Gasteiger partial charge in [-0.15, -0.1) is 0 Å². The summed E-state index contributed by atoms with van der Waals surface area (Å²) in [5.74, 6) is -1.14. The summed E-state index contributed by atoms with van der Waals surface area (Å²) in [5.41, 5.74) is 1.23. The number of carbonyl (C=O) groups is 2. The molecule has 4 nitrogen and oxygen atoms in total. The van der Waals surface area contributed by atoms with E-state index in [0.29, 0.717) is 12.5 Å². The van der Waals surface area contributed by atoms with Crippen molar-refractivity contribution in [1.82, 2.24) is 5.32 Å². The number of carboxylic acids is 1. The summed E-state index contributed by atoms with van der Waals surface area (Å²) >= 11 is 0. The lowest BCUT2D eigenvalue weighted by molar-refractivity contribution is -0.131. The SMILES string of the molecule is CC(CCNC(=O)C=CC(=O)O)c1ccccc1. The topological polar surface area (TPSA) is 66.4 Å². The van der Waals surface area contributed by atoms with E-state index in [1.807, 2.05) is 18.2 Å². The van der Waals surface area contributed by atoms with Crippen molar-refractivity contribution in [3.05, 3.63) is 48.0 Å². The van der Waals surface area contributed by atoms with Crippen molar-refractivity contribution in [3.63, 3.8) is 0 Å². The summed E-state index contributed by atoms with van der Waals surface area (Å²) in [6.07, 6.45) is 2.67. The van der Waals surface area contributed by atoms with Crippen LogP contribution in [0.1, 0.15) is 24.8 Å². The molecule has 1 atom stereocenters. The first kappa shape index (κ1) is 14.0. The zero-order valence-electron chi connectivity index (χ0n) is 10.3. The van der Waals surface area contributed by atoms with E-state index in [-0.39, 0.29) is 5.91 Å². The van der Waals surface area contributed by atoms with Crippen LogP contribution in [0.25, 0.3) is 0 Å². The minimum Gasteiger partial charge on any atom is -0.478 e. The molecule has 0 bridgehead atoms. The van der Waals surface area contributed by atoms with E-state index in [4.69, 9.17) is 5.11 Å². The van der Waals surface area contributed by atoms with Crippen molar-refractivity contribution in [2.24, 2.45) is 0 Å². The number of nitrogens with one attached hydrogen (secondary N) is 1. The molecule has 0 spiro atoms. The first-order valence-electron chi connectivity index (χ1n) is 5.83. The molecule has 0 aliphatic rings. The first-order valence-corrected chi connectivity index (χ1v) is 5.83. The Labute approximate surface area is 106 Å². The Kier molecular flexibility index (Phi) is 5.64. The lowest BCUT2D eigenvalue weighted by Gasteiger charge is -2.11. The van der Waals surface area contributed by atoms with Crippen molar-refractivity contribution >= 4 is 11.9 Å². The third kappa shape index (κ3) is 5.30. The van der Waals surface area contributed by atoms with Gasteiger partial charge in [-0.05, 0) is 17.9 Å². The van der Waals surface area contributed by atoms with Gasteiger partial charge >= 0.3 is 5.97 Å². The number of amides is 1. The zero-order chi connectivity index (χ0) is 13.4. The van der Waals surface area contributed by atoms with Gasteiger partial charge in [0.2, 0.25) is 5.91 Å². The number of aliphatic carboxylic acids is 1. The van der Waals surface area contributed by atoms with Gasteiger partial charge in [0.05, 0.1) is 0 Å². The molecule has 2 N–H and O–H groups in total. The number of hydrogen-bond donors (Lipinski definition) is 2. The molecule has 0 aromatic heterocycles. The van der Waals surface area contributed by atoms with Gasteiger partial charge in [-0.2, -0.15) is 0 Å². The van der Waals surface area contributed by atoms with Gasteiger partial charge in [-0.25, -0.2) is 4.79 Å². The lowest BCUT2D eigenvalue weighted by Crippen LogP contribution is -2.23. The Morgan fingerprint density at radius 1 is 1.28 bits per heavy atom. The van der Waals surface area contributed by atoms with Crippen LogP contribution in [-0.2, 0) is 9.59 Å². The summed E-state index contributed by atoms with van der Waals surface area (Å²) in [4.78, 5) is 21.4. The van der Waals surface area contributed by atoms with Crippen molar-refractivity contribution in [1.29, 1.82) is 0 Å². The van der Waals surface area contributed by atoms with Crippen LogP contribution in [0.5, 0.6) is 0 Å². The number of rotatable bonds is 6. The first-order chi connectivity index (χ1) is 8.59. The smallest absolute Gasteiger partial charge is 0.328 e. The van der Waals surface area contributed by atoms with Crippen LogP contribution >= 0.6 is 0 Å². The van der Waals surface area contributed by atoms with Gasteiger partial charge in [-0.3, -0.25) is 4.79 Å². The molecule has 1 amide bonds. The van der Waals surface area contributed by atoms with Gasteiger partial charge < -0.3 is 10.4 Å². The second-order valence-corrected chi connectivity index (χ2v) is 4.06. The molecule has 0 heterocycles. The fraction of sp³-hybridized carbons (Fsp3) is 0.286. The van der Waals surface area contributed by atoms with Crippen LogP contribution in [-0.4, -0.2) is 23.5 Å². The zero-order valence-corrected chi connectivity index (χ0v) is 10.3. The van der Waals surface area contributed by atoms with E-state index in [1.54, 1.807) is 0 Å². The third-order valence-corrected chi connectivity index (χ3v) is 2.62. The Bertz CT molecular complexity index is 426. The Morgan fingerprint density at radius 3 is 2.56 bits per heavy atom. The van der Waals surface area contributed by atoms with Crippen LogP contribution in [0, 0.1) is 0 Å². The molecule has 4 heteroatoms. The molecule has 0 fully saturated rings. The number of carbonyl (C=O) groups excluding carboxylic acids is 1. The molecular formula is C14H17NO3. The van der Waals surface area contributed by atoms with E-state index >= 15 is 0 Å². The maximum Gasteiger partial charge on any atom is 0.328 e. The van der Waals surface area contributed by atoms with Crippen molar-refractivity contribution in [2.75, 3.05) is 6.54 Å². The molecule has 0 aliphatic carbocycles. The molecule has 0 radical (unpaired) electrons. The fourth-order valence-corrected chi connectivity index (χ4v) is 1.57. The summed E-state index contributed by atoms with van der Waals surface area (Å²) in [6.45, 7) is 2.62. The van der Waals surface area contributed by atoms with E-state index < -0.39 is 5.97 Å². The molecule has 0 aliphatic heterocycles. The minimum absolute atomic E-state index is 0.356. The van der Waals surface area contributed by atoms with Crippen molar-refractivity contribution < 1.29 is 14.7 Å². The van der Waals surface area contributed by atoms with E-state index in [2.05, 4.69) is 24.4 Å². The standard InChI is InChI=1S/C14H17NO3/c1-11(12-5-3-2-4-6-12)9-10-15-13(16)7-8-14(17)18/h2-8,11H,9-10H2,1H3,(H,15,16)(H,17,18). The van der Waals surface area contributed by atoms with Gasteiger partial charge in [0.25, 0.3) is 0 Å². The highest BCUT2D eigenvalue weighted by Crippen LogP contribution is 2.17. The summed E-state index contributed by atoms with van der Waals surface area (Å²) in [6, 6.07) is 10.0. The van der Waals surface area contributed by atoms with Crippen LogP contribution in [0.3, 0.4) is 0 Å². The molecular weight excluding hydrogens is 230 g/mol. The van der Waals surface area contributed by atoms with E-state index in [0.717, 1.165) is 18.6 Å². The maximum atomic E-state index is 11.2. The normalized spacial score (nSPS) is 12.3. The minimum atomic E-state index is -1.12. The van der Waals surface area contributed by atoms with E-state index in [1.165, 1.54) is 5.56 Å². The predicted molar refractivity (Wildman–Crippen MR) is 69.3 cm³/mol. The summed E-state index contributed by atoms with van der Waals surface area (Å²) < 4.78 is 0.